The Morgan fingerprint density at radius 1 is 1.06 bits per heavy atom. The Bertz CT molecular complexity index is 361. The molecule has 0 bridgehead atoms. The lowest BCUT2D eigenvalue weighted by molar-refractivity contribution is -0.0990. The molecule has 0 aromatic heterocycles. The van der Waals surface area contributed by atoms with Crippen molar-refractivity contribution in [1.29, 1.82) is 0 Å². The molecule has 1 aliphatic carbocycles. The zero-order valence-corrected chi connectivity index (χ0v) is 10.9. The third kappa shape index (κ3) is 3.22. The maximum atomic E-state index is 14.0. The standard InChI is InChI=1S/C14H17F3S/c15-13(18-12-9-5-2-6-10-12)14(16,17)11-7-3-1-4-8-11/h2,5-6,9-11,13H,1,3-4,7-8H2. The molecule has 0 aliphatic heterocycles. The number of rotatable bonds is 4. The minimum atomic E-state index is -3.22. The van der Waals surface area contributed by atoms with E-state index in [2.05, 4.69) is 0 Å². The van der Waals surface area contributed by atoms with Crippen LogP contribution >= 0.6 is 11.8 Å². The van der Waals surface area contributed by atoms with Gasteiger partial charge in [-0.1, -0.05) is 49.2 Å². The highest BCUT2D eigenvalue weighted by molar-refractivity contribution is 7.99. The van der Waals surface area contributed by atoms with Gasteiger partial charge in [0.25, 0.3) is 5.92 Å². The topological polar surface area (TPSA) is 0 Å². The first-order valence-corrected chi connectivity index (χ1v) is 7.22. The summed E-state index contributed by atoms with van der Waals surface area (Å²) in [6.45, 7) is 0. The van der Waals surface area contributed by atoms with Gasteiger partial charge in [0.15, 0.2) is 0 Å². The van der Waals surface area contributed by atoms with Gasteiger partial charge in [-0.05, 0) is 25.0 Å². The molecule has 1 aliphatic rings. The monoisotopic (exact) mass is 274 g/mol. The van der Waals surface area contributed by atoms with Crippen LogP contribution in [0.5, 0.6) is 0 Å². The van der Waals surface area contributed by atoms with Gasteiger partial charge >= 0.3 is 0 Å². The zero-order chi connectivity index (χ0) is 13.0. The molecule has 4 heteroatoms. The minimum Gasteiger partial charge on any atom is -0.228 e. The van der Waals surface area contributed by atoms with Crippen molar-refractivity contribution >= 4 is 11.8 Å². The molecule has 0 saturated heterocycles. The molecular formula is C14H17F3S. The fourth-order valence-corrected chi connectivity index (χ4v) is 3.27. The molecule has 1 atom stereocenters. The van der Waals surface area contributed by atoms with E-state index in [4.69, 9.17) is 0 Å². The van der Waals surface area contributed by atoms with E-state index in [9.17, 15) is 13.2 Å². The third-order valence-corrected chi connectivity index (χ3v) is 4.50. The highest BCUT2D eigenvalue weighted by Crippen LogP contribution is 2.44. The Labute approximate surface area is 110 Å². The van der Waals surface area contributed by atoms with Crippen LogP contribution in [0.3, 0.4) is 0 Å². The van der Waals surface area contributed by atoms with E-state index in [0.717, 1.165) is 19.3 Å². The van der Waals surface area contributed by atoms with Gasteiger partial charge in [0.05, 0.1) is 0 Å². The molecule has 0 nitrogen and oxygen atoms in total. The van der Waals surface area contributed by atoms with E-state index in [-0.39, 0.29) is 0 Å². The van der Waals surface area contributed by atoms with Crippen LogP contribution in [0.2, 0.25) is 0 Å². The molecule has 100 valence electrons. The van der Waals surface area contributed by atoms with Crippen LogP contribution in [-0.2, 0) is 0 Å². The van der Waals surface area contributed by atoms with Crippen LogP contribution in [0.15, 0.2) is 35.2 Å². The van der Waals surface area contributed by atoms with Gasteiger partial charge in [-0.25, -0.2) is 13.2 Å². The fraction of sp³-hybridized carbons (Fsp3) is 0.571. The normalized spacial score (nSPS) is 19.7. The van der Waals surface area contributed by atoms with Crippen LogP contribution in [0.4, 0.5) is 13.2 Å². The summed E-state index contributed by atoms with van der Waals surface area (Å²) in [5.41, 5.74) is -2.15. The maximum absolute atomic E-state index is 14.0. The molecule has 0 amide bonds. The van der Waals surface area contributed by atoms with Gasteiger partial charge in [0.2, 0.25) is 5.50 Å². The van der Waals surface area contributed by atoms with Gasteiger partial charge in [0.1, 0.15) is 0 Å². The first-order valence-electron chi connectivity index (χ1n) is 6.34. The van der Waals surface area contributed by atoms with Crippen LogP contribution in [0.25, 0.3) is 0 Å². The van der Waals surface area contributed by atoms with Gasteiger partial charge < -0.3 is 0 Å². The predicted octanol–water partition coefficient (Wildman–Crippen LogP) is 5.29. The predicted molar refractivity (Wildman–Crippen MR) is 68.7 cm³/mol. The van der Waals surface area contributed by atoms with E-state index >= 15 is 0 Å². The highest BCUT2D eigenvalue weighted by atomic mass is 32.2. The van der Waals surface area contributed by atoms with E-state index in [1.165, 1.54) is 0 Å². The Kier molecular flexibility index (Phi) is 4.60. The summed E-state index contributed by atoms with van der Waals surface area (Å²) < 4.78 is 41.8. The van der Waals surface area contributed by atoms with Gasteiger partial charge in [-0.2, -0.15) is 0 Å². The molecule has 1 saturated carbocycles. The molecule has 1 unspecified atom stereocenters. The summed E-state index contributed by atoms with van der Waals surface area (Å²) in [5.74, 6) is -4.02. The van der Waals surface area contributed by atoms with Crippen LogP contribution < -0.4 is 0 Å². The third-order valence-electron chi connectivity index (χ3n) is 3.43. The molecule has 0 N–H and O–H groups in total. The maximum Gasteiger partial charge on any atom is 0.291 e. The molecule has 0 heterocycles. The summed E-state index contributed by atoms with van der Waals surface area (Å²) in [4.78, 5) is 0.556. The van der Waals surface area contributed by atoms with Gasteiger partial charge in [-0.15, -0.1) is 0 Å². The smallest absolute Gasteiger partial charge is 0.228 e. The van der Waals surface area contributed by atoms with Crippen molar-refractivity contribution in [2.24, 2.45) is 5.92 Å². The van der Waals surface area contributed by atoms with E-state index in [0.29, 0.717) is 29.5 Å². The first-order chi connectivity index (χ1) is 8.60. The second-order valence-corrected chi connectivity index (χ2v) is 5.88. The second kappa shape index (κ2) is 6.00. The molecule has 2 rings (SSSR count). The minimum absolute atomic E-state index is 0.447. The number of benzene rings is 1. The van der Waals surface area contributed by atoms with Crippen molar-refractivity contribution in [2.75, 3.05) is 0 Å². The molecule has 0 spiro atoms. The largest absolute Gasteiger partial charge is 0.291 e. The van der Waals surface area contributed by atoms with Gasteiger partial charge in [-0.3, -0.25) is 0 Å². The average molecular weight is 274 g/mol. The quantitative estimate of drug-likeness (QED) is 0.672. The SMILES string of the molecule is FC(Sc1ccccc1)C(F)(F)C1CCCCC1. The summed E-state index contributed by atoms with van der Waals surface area (Å²) in [7, 11) is 0. The van der Waals surface area contributed by atoms with Crippen molar-refractivity contribution in [1.82, 2.24) is 0 Å². The van der Waals surface area contributed by atoms with Crippen LogP contribution in [0.1, 0.15) is 32.1 Å². The highest BCUT2D eigenvalue weighted by Gasteiger charge is 2.48. The fourth-order valence-electron chi connectivity index (χ4n) is 2.37. The lowest BCUT2D eigenvalue weighted by atomic mass is 9.85. The number of thioether (sulfide) groups is 1. The van der Waals surface area contributed by atoms with Crippen molar-refractivity contribution in [3.05, 3.63) is 30.3 Å². The van der Waals surface area contributed by atoms with Crippen molar-refractivity contribution < 1.29 is 13.2 Å². The van der Waals surface area contributed by atoms with Crippen molar-refractivity contribution in [3.8, 4) is 0 Å². The average Bonchev–Trinajstić information content (AvgIpc) is 2.41. The second-order valence-electron chi connectivity index (χ2n) is 4.76. The van der Waals surface area contributed by atoms with Crippen LogP contribution in [0, 0.1) is 5.92 Å². The van der Waals surface area contributed by atoms with Crippen LogP contribution in [-0.4, -0.2) is 11.4 Å². The summed E-state index contributed by atoms with van der Waals surface area (Å²) in [6, 6.07) is 8.57. The lowest BCUT2D eigenvalue weighted by Crippen LogP contribution is -2.37. The molecule has 1 aromatic rings. The molecule has 1 aromatic carbocycles. The number of alkyl halides is 3. The molecule has 0 radical (unpaired) electrons. The molecular weight excluding hydrogens is 257 g/mol. The Hall–Kier alpha value is -0.640. The summed E-state index contributed by atoms with van der Waals surface area (Å²) in [6.07, 6.45) is 3.48. The van der Waals surface area contributed by atoms with E-state index in [1.807, 2.05) is 0 Å². The number of hydrogen-bond acceptors (Lipinski definition) is 1. The molecule has 1 fully saturated rings. The van der Waals surface area contributed by atoms with Crippen molar-refractivity contribution in [3.63, 3.8) is 0 Å². The van der Waals surface area contributed by atoms with Crippen molar-refractivity contribution in [2.45, 2.75) is 48.4 Å². The summed E-state index contributed by atoms with van der Waals surface area (Å²) in [5, 5.41) is 0. The number of hydrogen-bond donors (Lipinski definition) is 0. The molecule has 18 heavy (non-hydrogen) atoms. The Morgan fingerprint density at radius 2 is 1.67 bits per heavy atom. The Balaban J connectivity index is 2.00. The van der Waals surface area contributed by atoms with E-state index < -0.39 is 17.3 Å². The Morgan fingerprint density at radius 3 is 2.28 bits per heavy atom. The lowest BCUT2D eigenvalue weighted by Gasteiger charge is -2.31. The summed E-state index contributed by atoms with van der Waals surface area (Å²) >= 11 is 0.627. The van der Waals surface area contributed by atoms with Gasteiger partial charge in [0, 0.05) is 10.8 Å². The van der Waals surface area contributed by atoms with E-state index in [1.54, 1.807) is 30.3 Å². The number of halogens is 3. The first kappa shape index (κ1) is 13.8. The zero-order valence-electron chi connectivity index (χ0n) is 10.1.